The quantitative estimate of drug-likeness (QED) is 0.752. The molecule has 2 aliphatic rings. The second-order valence-corrected chi connectivity index (χ2v) is 8.23. The number of carbonyl (C=O) groups excluding carboxylic acids is 3. The zero-order valence-corrected chi connectivity index (χ0v) is 17.3. The predicted octanol–water partition coefficient (Wildman–Crippen LogP) is 3.56. The molecule has 0 aromatic heterocycles. The molecule has 2 aliphatic heterocycles. The summed E-state index contributed by atoms with van der Waals surface area (Å²) in [4.78, 5) is 43.2. The van der Waals surface area contributed by atoms with E-state index in [1.54, 1.807) is 37.6 Å². The van der Waals surface area contributed by atoms with Gasteiger partial charge in [-0.25, -0.2) is 14.1 Å². The number of urea groups is 1. The number of hydrogen-bond acceptors (Lipinski definition) is 4. The highest BCUT2D eigenvalue weighted by atomic mass is 32.2. The number of para-hydroxylation sites is 1. The Labute approximate surface area is 177 Å². The van der Waals surface area contributed by atoms with Crippen LogP contribution in [0.15, 0.2) is 60.0 Å². The summed E-state index contributed by atoms with van der Waals surface area (Å²) in [5.41, 5.74) is 1.34. The first kappa shape index (κ1) is 20.2. The van der Waals surface area contributed by atoms with Gasteiger partial charge in [0.15, 0.2) is 0 Å². The molecule has 0 N–H and O–H groups in total. The predicted molar refractivity (Wildman–Crippen MR) is 115 cm³/mol. The first-order valence-corrected chi connectivity index (χ1v) is 10.4. The van der Waals surface area contributed by atoms with Gasteiger partial charge in [-0.15, -0.1) is 11.8 Å². The number of likely N-dealkylation sites (N-methyl/N-ethyl adjacent to an activating group) is 1. The van der Waals surface area contributed by atoms with E-state index in [9.17, 15) is 18.8 Å². The first-order chi connectivity index (χ1) is 14.4. The Hall–Kier alpha value is -3.13. The highest BCUT2D eigenvalue weighted by Crippen LogP contribution is 2.36. The minimum atomic E-state index is -0.589. The fraction of sp³-hybridized carbons (Fsp3) is 0.227. The van der Waals surface area contributed by atoms with Crippen LogP contribution in [0.1, 0.15) is 5.56 Å². The molecular formula is C22H20FN3O3S. The molecule has 0 radical (unpaired) electrons. The molecule has 6 nitrogen and oxygen atoms in total. The van der Waals surface area contributed by atoms with Gasteiger partial charge in [-0.3, -0.25) is 9.59 Å². The van der Waals surface area contributed by atoms with Crippen molar-refractivity contribution in [1.29, 1.82) is 0 Å². The molecule has 4 amide bonds. The monoisotopic (exact) mass is 425 g/mol. The van der Waals surface area contributed by atoms with E-state index in [0.717, 1.165) is 4.90 Å². The van der Waals surface area contributed by atoms with Crippen molar-refractivity contribution in [2.45, 2.75) is 18.2 Å². The zero-order valence-electron chi connectivity index (χ0n) is 16.5. The summed E-state index contributed by atoms with van der Waals surface area (Å²) < 4.78 is 13.7. The van der Waals surface area contributed by atoms with Gasteiger partial charge < -0.3 is 9.80 Å². The summed E-state index contributed by atoms with van der Waals surface area (Å²) >= 11 is 1.31. The van der Waals surface area contributed by atoms with E-state index in [0.29, 0.717) is 16.9 Å². The number of anilines is 2. The van der Waals surface area contributed by atoms with E-state index < -0.39 is 23.1 Å². The number of halogens is 1. The number of carbonyl (C=O) groups is 3. The molecule has 1 saturated heterocycles. The number of benzene rings is 2. The minimum absolute atomic E-state index is 0.180. The lowest BCUT2D eigenvalue weighted by atomic mass is 10.1. The summed E-state index contributed by atoms with van der Waals surface area (Å²) in [6.45, 7) is 1.39. The lowest BCUT2D eigenvalue weighted by Gasteiger charge is -2.41. The summed E-state index contributed by atoms with van der Waals surface area (Å²) in [5.74, 6) is -1.06. The normalized spacial score (nSPS) is 20.5. The Morgan fingerprint density at radius 1 is 1.17 bits per heavy atom. The van der Waals surface area contributed by atoms with Gasteiger partial charge in [0.1, 0.15) is 17.6 Å². The van der Waals surface area contributed by atoms with Gasteiger partial charge >= 0.3 is 6.03 Å². The average molecular weight is 425 g/mol. The van der Waals surface area contributed by atoms with E-state index in [2.05, 4.69) is 0 Å². The van der Waals surface area contributed by atoms with Gasteiger partial charge in [0, 0.05) is 12.7 Å². The van der Waals surface area contributed by atoms with Crippen molar-refractivity contribution in [3.63, 3.8) is 0 Å². The fourth-order valence-electron chi connectivity index (χ4n) is 3.57. The molecule has 8 heteroatoms. The van der Waals surface area contributed by atoms with Crippen molar-refractivity contribution >= 4 is 41.0 Å². The van der Waals surface area contributed by atoms with E-state index in [-0.39, 0.29) is 18.4 Å². The number of rotatable bonds is 4. The molecule has 0 saturated carbocycles. The third-order valence-electron chi connectivity index (χ3n) is 5.29. The van der Waals surface area contributed by atoms with Crippen molar-refractivity contribution in [3.8, 4) is 0 Å². The van der Waals surface area contributed by atoms with Crippen LogP contribution in [-0.4, -0.2) is 47.6 Å². The second-order valence-electron chi connectivity index (χ2n) is 7.18. The SMILES string of the molecule is Cc1cc(N2C(=O)C3SC=CC3N(CC(=O)N(C)c3ccccc3)C2=O)ccc1F. The molecule has 154 valence electrons. The summed E-state index contributed by atoms with van der Waals surface area (Å²) in [6, 6.07) is 12.1. The van der Waals surface area contributed by atoms with Gasteiger partial charge in [0.25, 0.3) is 5.91 Å². The smallest absolute Gasteiger partial charge is 0.314 e. The largest absolute Gasteiger partial charge is 0.332 e. The topological polar surface area (TPSA) is 60.9 Å². The third kappa shape index (κ3) is 3.47. The number of hydrogen-bond donors (Lipinski definition) is 0. The zero-order chi connectivity index (χ0) is 21.4. The van der Waals surface area contributed by atoms with E-state index >= 15 is 0 Å². The Morgan fingerprint density at radius 3 is 2.60 bits per heavy atom. The molecule has 30 heavy (non-hydrogen) atoms. The molecule has 0 bridgehead atoms. The molecule has 4 rings (SSSR count). The van der Waals surface area contributed by atoms with Crippen LogP contribution >= 0.6 is 11.8 Å². The summed E-state index contributed by atoms with van der Waals surface area (Å²) in [6.07, 6.45) is 1.77. The van der Waals surface area contributed by atoms with Crippen LogP contribution in [0.25, 0.3) is 0 Å². The van der Waals surface area contributed by atoms with Gasteiger partial charge in [0.05, 0.1) is 11.7 Å². The molecule has 2 heterocycles. The van der Waals surface area contributed by atoms with Crippen LogP contribution < -0.4 is 9.80 Å². The maximum absolute atomic E-state index is 13.7. The van der Waals surface area contributed by atoms with Crippen molar-refractivity contribution < 1.29 is 18.8 Å². The van der Waals surface area contributed by atoms with Crippen LogP contribution in [-0.2, 0) is 9.59 Å². The van der Waals surface area contributed by atoms with E-state index in [4.69, 9.17) is 0 Å². The standard InChI is InChI=1S/C22H20FN3O3S/c1-14-12-16(8-9-17(14)23)26-21(28)20-18(10-11-30-20)25(22(26)29)13-19(27)24(2)15-6-4-3-5-7-15/h3-12,18,20H,13H2,1-2H3. The summed E-state index contributed by atoms with van der Waals surface area (Å²) in [5, 5.41) is 1.24. The van der Waals surface area contributed by atoms with Crippen LogP contribution in [0, 0.1) is 12.7 Å². The molecule has 0 spiro atoms. The molecule has 2 atom stereocenters. The molecule has 2 unspecified atom stereocenters. The average Bonchev–Trinajstić information content (AvgIpc) is 3.24. The molecule has 0 aliphatic carbocycles. The van der Waals surface area contributed by atoms with Crippen molar-refractivity contribution in [2.24, 2.45) is 0 Å². The van der Waals surface area contributed by atoms with Crippen molar-refractivity contribution in [1.82, 2.24) is 4.90 Å². The summed E-state index contributed by atoms with van der Waals surface area (Å²) in [7, 11) is 1.65. The maximum Gasteiger partial charge on any atom is 0.332 e. The lowest BCUT2D eigenvalue weighted by molar-refractivity contribution is -0.122. The fourth-order valence-corrected chi connectivity index (χ4v) is 4.61. The number of nitrogens with zero attached hydrogens (tertiary/aromatic N) is 3. The molecule has 2 aromatic carbocycles. The van der Waals surface area contributed by atoms with Crippen LogP contribution in [0.3, 0.4) is 0 Å². The van der Waals surface area contributed by atoms with Crippen LogP contribution in [0.4, 0.5) is 20.6 Å². The third-order valence-corrected chi connectivity index (χ3v) is 6.38. The highest BCUT2D eigenvalue weighted by molar-refractivity contribution is 8.03. The van der Waals surface area contributed by atoms with Gasteiger partial charge in [0.2, 0.25) is 5.91 Å². The Balaban J connectivity index is 1.63. The maximum atomic E-state index is 13.7. The van der Waals surface area contributed by atoms with E-state index in [1.807, 2.05) is 18.2 Å². The molecular weight excluding hydrogens is 405 g/mol. The first-order valence-electron chi connectivity index (χ1n) is 9.43. The van der Waals surface area contributed by atoms with Gasteiger partial charge in [-0.05, 0) is 48.2 Å². The number of fused-ring (bicyclic) bond motifs is 1. The second kappa shape index (κ2) is 7.95. The van der Waals surface area contributed by atoms with Crippen molar-refractivity contribution in [3.05, 3.63) is 71.4 Å². The van der Waals surface area contributed by atoms with E-state index in [1.165, 1.54) is 39.8 Å². The Kier molecular flexibility index (Phi) is 5.34. The Bertz CT molecular complexity index is 1040. The van der Waals surface area contributed by atoms with Crippen LogP contribution in [0.5, 0.6) is 0 Å². The number of amides is 4. The number of thioether (sulfide) groups is 1. The Morgan fingerprint density at radius 2 is 1.90 bits per heavy atom. The minimum Gasteiger partial charge on any atom is -0.314 e. The molecule has 2 aromatic rings. The van der Waals surface area contributed by atoms with Gasteiger partial charge in [-0.1, -0.05) is 24.3 Å². The number of aryl methyl sites for hydroxylation is 1. The number of imide groups is 1. The molecule has 1 fully saturated rings. The van der Waals surface area contributed by atoms with Crippen LogP contribution in [0.2, 0.25) is 0 Å². The highest BCUT2D eigenvalue weighted by Gasteiger charge is 2.48. The van der Waals surface area contributed by atoms with Gasteiger partial charge in [-0.2, -0.15) is 0 Å². The lowest BCUT2D eigenvalue weighted by Crippen LogP contribution is -2.63. The van der Waals surface area contributed by atoms with Crippen molar-refractivity contribution in [2.75, 3.05) is 23.4 Å².